The first-order valence-corrected chi connectivity index (χ1v) is 28.7. The smallest absolute Gasteiger partial charge is 0.391 e. The van der Waals surface area contributed by atoms with Crippen LogP contribution in [0.3, 0.4) is 0 Å². The Bertz CT molecular complexity index is 1080. The molecule has 0 aromatic rings. The molecule has 0 radical (unpaired) electrons. The Balaban J connectivity index is 3.95. The summed E-state index contributed by atoms with van der Waals surface area (Å²) >= 11 is 0. The van der Waals surface area contributed by atoms with Crippen molar-refractivity contribution in [3.05, 3.63) is 24.3 Å². The van der Waals surface area contributed by atoms with Gasteiger partial charge in [0.15, 0.2) is 0 Å². The SMILES string of the molecule is CCCCCCC/C=C\C/C=C\CCCCCCCCCCCCCCCCCCCCCC(=O)NC(COP(=O)(O)OCC[N+](C)(C)C)C(O)CCCCCCCCCCCC. The first kappa shape index (κ1) is 62.0. The number of phosphoric ester groups is 1. The lowest BCUT2D eigenvalue weighted by atomic mass is 10.0. The zero-order valence-electron chi connectivity index (χ0n) is 42.6. The van der Waals surface area contributed by atoms with Crippen molar-refractivity contribution in [2.75, 3.05) is 40.9 Å². The third kappa shape index (κ3) is 48.7. The first-order valence-electron chi connectivity index (χ1n) is 27.2. The molecule has 3 atom stereocenters. The molecule has 1 amide bonds. The van der Waals surface area contributed by atoms with Gasteiger partial charge in [0.2, 0.25) is 5.91 Å². The topological polar surface area (TPSA) is 105 Å². The molecule has 0 rings (SSSR count). The van der Waals surface area contributed by atoms with Gasteiger partial charge in [0, 0.05) is 6.42 Å². The highest BCUT2D eigenvalue weighted by molar-refractivity contribution is 7.47. The molecular weight excluding hydrogens is 804 g/mol. The highest BCUT2D eigenvalue weighted by Gasteiger charge is 2.28. The molecule has 0 aromatic heterocycles. The van der Waals surface area contributed by atoms with Crippen molar-refractivity contribution < 1.29 is 32.9 Å². The number of nitrogens with one attached hydrogen (secondary N) is 1. The van der Waals surface area contributed by atoms with Gasteiger partial charge in [0.05, 0.1) is 39.9 Å². The van der Waals surface area contributed by atoms with E-state index in [1.54, 1.807) is 0 Å². The van der Waals surface area contributed by atoms with E-state index in [9.17, 15) is 19.4 Å². The highest BCUT2D eigenvalue weighted by Crippen LogP contribution is 2.43. The van der Waals surface area contributed by atoms with Crippen LogP contribution in [0.2, 0.25) is 0 Å². The normalized spacial score (nSPS) is 14.2. The van der Waals surface area contributed by atoms with Crippen LogP contribution in [-0.2, 0) is 18.4 Å². The van der Waals surface area contributed by atoms with Gasteiger partial charge >= 0.3 is 7.82 Å². The summed E-state index contributed by atoms with van der Waals surface area (Å²) in [5.74, 6) is -0.142. The Labute approximate surface area is 392 Å². The van der Waals surface area contributed by atoms with Gasteiger partial charge in [0.1, 0.15) is 13.2 Å². The lowest BCUT2D eigenvalue weighted by Gasteiger charge is -2.26. The third-order valence-electron chi connectivity index (χ3n) is 12.5. The van der Waals surface area contributed by atoms with Crippen LogP contribution in [-0.4, -0.2) is 73.4 Å². The molecule has 374 valence electrons. The van der Waals surface area contributed by atoms with Crippen LogP contribution in [0.15, 0.2) is 24.3 Å². The van der Waals surface area contributed by atoms with Crippen molar-refractivity contribution in [2.45, 2.75) is 276 Å². The molecule has 0 aliphatic carbocycles. The lowest BCUT2D eigenvalue weighted by molar-refractivity contribution is -0.870. The number of amides is 1. The zero-order valence-corrected chi connectivity index (χ0v) is 43.5. The first-order chi connectivity index (χ1) is 30.5. The van der Waals surface area contributed by atoms with Gasteiger partial charge in [-0.3, -0.25) is 13.8 Å². The number of nitrogens with zero attached hydrogens (tertiary/aromatic N) is 1. The molecule has 63 heavy (non-hydrogen) atoms. The molecule has 0 saturated carbocycles. The standard InChI is InChI=1S/C54H107N2O6P/c1-6-8-10-12-14-16-18-19-20-21-22-23-24-25-26-27-28-29-30-31-32-33-34-35-36-37-38-40-42-44-46-48-54(58)55-52(51-62-63(59,60)61-50-49-56(3,4)5)53(57)47-45-43-41-39-17-15-13-11-9-7-2/h18-19,21-22,52-53,57H,6-17,20,23-51H2,1-5H3,(H-,55,58,59,60)/p+1/b19-18-,22-21-. The van der Waals surface area contributed by atoms with Gasteiger partial charge in [-0.15, -0.1) is 0 Å². The minimum absolute atomic E-state index is 0.0766. The summed E-state index contributed by atoms with van der Waals surface area (Å²) in [5.41, 5.74) is 0. The Hall–Kier alpha value is -1.02. The second-order valence-electron chi connectivity index (χ2n) is 20.0. The van der Waals surface area contributed by atoms with Crippen LogP contribution in [0.5, 0.6) is 0 Å². The van der Waals surface area contributed by atoms with Gasteiger partial charge in [-0.1, -0.05) is 237 Å². The summed E-state index contributed by atoms with van der Waals surface area (Å²) in [6.07, 6.45) is 56.7. The van der Waals surface area contributed by atoms with Crippen LogP contribution < -0.4 is 5.32 Å². The maximum Gasteiger partial charge on any atom is 0.472 e. The molecule has 0 heterocycles. The number of likely N-dealkylation sites (N-methyl/N-ethyl adjacent to an activating group) is 1. The summed E-state index contributed by atoms with van der Waals surface area (Å²) in [5, 5.41) is 14.0. The molecule has 0 aliphatic heterocycles. The molecule has 0 aliphatic rings. The number of phosphoric acid groups is 1. The minimum atomic E-state index is -4.31. The molecular formula is C54H108N2O6P+. The van der Waals surface area contributed by atoms with E-state index >= 15 is 0 Å². The van der Waals surface area contributed by atoms with Crippen molar-refractivity contribution in [2.24, 2.45) is 0 Å². The van der Waals surface area contributed by atoms with Crippen LogP contribution in [0.25, 0.3) is 0 Å². The number of allylic oxidation sites excluding steroid dienone is 4. The number of hydrogen-bond donors (Lipinski definition) is 3. The van der Waals surface area contributed by atoms with Crippen LogP contribution >= 0.6 is 7.82 Å². The van der Waals surface area contributed by atoms with Crippen LogP contribution in [0.4, 0.5) is 0 Å². The fraction of sp³-hybridized carbons (Fsp3) is 0.907. The molecule has 0 aromatic carbocycles. The van der Waals surface area contributed by atoms with Crippen molar-refractivity contribution >= 4 is 13.7 Å². The third-order valence-corrected chi connectivity index (χ3v) is 13.4. The van der Waals surface area contributed by atoms with E-state index in [2.05, 4.69) is 43.5 Å². The quantitative estimate of drug-likeness (QED) is 0.0243. The van der Waals surface area contributed by atoms with Crippen LogP contribution in [0, 0.1) is 0 Å². The van der Waals surface area contributed by atoms with Gasteiger partial charge in [-0.25, -0.2) is 4.57 Å². The number of hydrogen-bond acceptors (Lipinski definition) is 5. The number of aliphatic hydroxyl groups excluding tert-OH is 1. The monoisotopic (exact) mass is 912 g/mol. The number of carbonyl (C=O) groups is 1. The van der Waals surface area contributed by atoms with E-state index in [-0.39, 0.29) is 19.1 Å². The van der Waals surface area contributed by atoms with Gasteiger partial charge in [-0.2, -0.15) is 0 Å². The molecule has 0 spiro atoms. The van der Waals surface area contributed by atoms with Crippen molar-refractivity contribution in [1.82, 2.24) is 5.32 Å². The van der Waals surface area contributed by atoms with E-state index in [0.29, 0.717) is 23.9 Å². The second kappa shape index (κ2) is 46.1. The molecule has 9 heteroatoms. The average molecular weight is 912 g/mol. The van der Waals surface area contributed by atoms with E-state index in [1.165, 1.54) is 193 Å². The lowest BCUT2D eigenvalue weighted by Crippen LogP contribution is -2.46. The minimum Gasteiger partial charge on any atom is -0.391 e. The Morgan fingerprint density at radius 2 is 0.905 bits per heavy atom. The molecule has 3 unspecified atom stereocenters. The van der Waals surface area contributed by atoms with E-state index in [4.69, 9.17) is 9.05 Å². The average Bonchev–Trinajstić information content (AvgIpc) is 3.24. The van der Waals surface area contributed by atoms with Crippen molar-refractivity contribution in [3.63, 3.8) is 0 Å². The molecule has 8 nitrogen and oxygen atoms in total. The number of aliphatic hydroxyl groups is 1. The largest absolute Gasteiger partial charge is 0.472 e. The van der Waals surface area contributed by atoms with Gasteiger partial charge < -0.3 is 19.8 Å². The highest BCUT2D eigenvalue weighted by atomic mass is 31.2. The van der Waals surface area contributed by atoms with Crippen molar-refractivity contribution in [3.8, 4) is 0 Å². The fourth-order valence-corrected chi connectivity index (χ4v) is 8.87. The molecule has 3 N–H and O–H groups in total. The van der Waals surface area contributed by atoms with Crippen molar-refractivity contribution in [1.29, 1.82) is 0 Å². The predicted molar refractivity (Wildman–Crippen MR) is 272 cm³/mol. The predicted octanol–water partition coefficient (Wildman–Crippen LogP) is 16.0. The number of quaternary nitrogens is 1. The molecule has 0 bridgehead atoms. The Kier molecular flexibility index (Phi) is 45.4. The number of carbonyl (C=O) groups excluding carboxylic acids is 1. The van der Waals surface area contributed by atoms with Crippen LogP contribution in [0.1, 0.15) is 264 Å². The van der Waals surface area contributed by atoms with E-state index < -0.39 is 20.0 Å². The van der Waals surface area contributed by atoms with Gasteiger partial charge in [-0.05, 0) is 44.9 Å². The summed E-state index contributed by atoms with van der Waals surface area (Å²) in [7, 11) is 1.62. The second-order valence-corrected chi connectivity index (χ2v) is 21.4. The molecule has 0 saturated heterocycles. The summed E-state index contributed by atoms with van der Waals surface area (Å²) in [6, 6.07) is -0.756. The summed E-state index contributed by atoms with van der Waals surface area (Å²) in [4.78, 5) is 23.2. The van der Waals surface area contributed by atoms with E-state index in [0.717, 1.165) is 44.9 Å². The summed E-state index contributed by atoms with van der Waals surface area (Å²) < 4.78 is 23.7. The Morgan fingerprint density at radius 1 is 0.540 bits per heavy atom. The number of rotatable bonds is 50. The molecule has 0 fully saturated rings. The zero-order chi connectivity index (χ0) is 46.4. The Morgan fingerprint density at radius 3 is 1.30 bits per heavy atom. The summed E-state index contributed by atoms with van der Waals surface area (Å²) in [6.45, 7) is 4.88. The van der Waals surface area contributed by atoms with E-state index in [1.807, 2.05) is 21.1 Å². The fourth-order valence-electron chi connectivity index (χ4n) is 8.14. The number of unbranched alkanes of at least 4 members (excludes halogenated alkanes) is 33. The maximum absolute atomic E-state index is 12.9. The van der Waals surface area contributed by atoms with Gasteiger partial charge in [0.25, 0.3) is 0 Å². The maximum atomic E-state index is 12.9.